The number of fused-ring (bicyclic) bond motifs is 2. The number of carbonyl (C=O) groups is 2. The van der Waals surface area contributed by atoms with E-state index in [0.29, 0.717) is 34.1 Å². The van der Waals surface area contributed by atoms with E-state index < -0.39 is 11.6 Å². The first-order valence-corrected chi connectivity index (χ1v) is 8.43. The summed E-state index contributed by atoms with van der Waals surface area (Å²) < 4.78 is 16.3. The van der Waals surface area contributed by atoms with Crippen molar-refractivity contribution >= 4 is 23.0 Å². The number of hydrogen-bond donors (Lipinski definition) is 1. The van der Waals surface area contributed by atoms with Crippen LogP contribution in [0.1, 0.15) is 18.4 Å². The number of nitrogens with zero attached hydrogens (tertiary/aromatic N) is 2. The van der Waals surface area contributed by atoms with Crippen LogP contribution in [0.15, 0.2) is 46.9 Å². The number of aromatic nitrogens is 1. The van der Waals surface area contributed by atoms with Crippen molar-refractivity contribution in [1.82, 2.24) is 15.2 Å². The summed E-state index contributed by atoms with van der Waals surface area (Å²) in [5, 5.41) is 2.76. The van der Waals surface area contributed by atoms with Gasteiger partial charge in [0.05, 0.1) is 0 Å². The van der Waals surface area contributed by atoms with Crippen LogP contribution in [0.3, 0.4) is 0 Å². The number of urea groups is 1. The fourth-order valence-electron chi connectivity index (χ4n) is 3.37. The van der Waals surface area contributed by atoms with E-state index in [4.69, 9.17) is 13.9 Å². The Labute approximate surface area is 153 Å². The Morgan fingerprint density at radius 3 is 2.81 bits per heavy atom. The second-order valence-corrected chi connectivity index (χ2v) is 6.59. The fraction of sp³-hybridized carbons (Fsp3) is 0.211. The highest BCUT2D eigenvalue weighted by Gasteiger charge is 2.49. The van der Waals surface area contributed by atoms with Crippen molar-refractivity contribution in [1.29, 1.82) is 0 Å². The molecule has 0 unspecified atom stereocenters. The summed E-state index contributed by atoms with van der Waals surface area (Å²) in [5.41, 5.74) is 0.700. The van der Waals surface area contributed by atoms with Crippen LogP contribution >= 0.6 is 0 Å². The van der Waals surface area contributed by atoms with E-state index >= 15 is 0 Å². The third-order valence-electron chi connectivity index (χ3n) is 4.86. The minimum absolute atomic E-state index is 0.0422. The van der Waals surface area contributed by atoms with Crippen molar-refractivity contribution < 1.29 is 23.5 Å². The van der Waals surface area contributed by atoms with Crippen molar-refractivity contribution in [2.45, 2.75) is 19.0 Å². The van der Waals surface area contributed by atoms with Crippen LogP contribution in [0.2, 0.25) is 0 Å². The van der Waals surface area contributed by atoms with Gasteiger partial charge in [0.1, 0.15) is 17.6 Å². The van der Waals surface area contributed by atoms with Crippen LogP contribution in [-0.4, -0.2) is 28.6 Å². The Hall–Kier alpha value is -3.55. The predicted octanol–water partition coefficient (Wildman–Crippen LogP) is 2.52. The number of hydrogen-bond acceptors (Lipinski definition) is 6. The molecule has 1 N–H and O–H groups in total. The molecule has 8 heteroatoms. The number of oxazole rings is 1. The Bertz CT molecular complexity index is 1060. The van der Waals surface area contributed by atoms with E-state index in [2.05, 4.69) is 10.3 Å². The summed E-state index contributed by atoms with van der Waals surface area (Å²) in [6.45, 7) is 1.76. The number of rotatable bonds is 3. The number of nitrogens with one attached hydrogen (secondary N) is 1. The number of benzene rings is 2. The van der Waals surface area contributed by atoms with Gasteiger partial charge in [-0.3, -0.25) is 9.69 Å². The molecule has 27 heavy (non-hydrogen) atoms. The molecule has 2 aromatic carbocycles. The quantitative estimate of drug-likeness (QED) is 0.717. The van der Waals surface area contributed by atoms with E-state index in [1.165, 1.54) is 0 Å². The maximum Gasteiger partial charge on any atom is 0.325 e. The van der Waals surface area contributed by atoms with E-state index in [-0.39, 0.29) is 19.2 Å². The molecule has 3 aromatic rings. The molecule has 1 saturated heterocycles. The Morgan fingerprint density at radius 1 is 1.15 bits per heavy atom. The molecule has 5 rings (SSSR count). The van der Waals surface area contributed by atoms with E-state index in [9.17, 15) is 9.59 Å². The van der Waals surface area contributed by atoms with Gasteiger partial charge in [-0.2, -0.15) is 0 Å². The minimum atomic E-state index is -1.20. The van der Waals surface area contributed by atoms with Gasteiger partial charge < -0.3 is 19.2 Å². The number of carbonyl (C=O) groups excluding carboxylic acids is 2. The van der Waals surface area contributed by atoms with Crippen molar-refractivity contribution in [3.8, 4) is 11.5 Å². The molecule has 8 nitrogen and oxygen atoms in total. The monoisotopic (exact) mass is 365 g/mol. The molecule has 1 aromatic heterocycles. The van der Waals surface area contributed by atoms with Crippen molar-refractivity contribution in [3.05, 3.63) is 53.9 Å². The van der Waals surface area contributed by atoms with Crippen LogP contribution in [-0.2, 0) is 16.9 Å². The van der Waals surface area contributed by atoms with Crippen LogP contribution in [0.5, 0.6) is 11.5 Å². The normalized spacial score (nSPS) is 21.1. The average molecular weight is 365 g/mol. The predicted molar refractivity (Wildman–Crippen MR) is 93.0 cm³/mol. The first-order valence-electron chi connectivity index (χ1n) is 8.43. The smallest absolute Gasteiger partial charge is 0.325 e. The van der Waals surface area contributed by atoms with Gasteiger partial charge in [-0.1, -0.05) is 18.2 Å². The van der Waals surface area contributed by atoms with Crippen molar-refractivity contribution in [3.63, 3.8) is 0 Å². The standard InChI is InChI=1S/C19H15N3O5/c1-19(11-6-7-14-15(8-11)26-10-25-14)17(23)22(18(24)21-19)9-16-20-12-4-2-3-5-13(12)27-16/h2-8H,9-10H2,1H3,(H,21,24)/t19-/m1/s1. The van der Waals surface area contributed by atoms with Crippen molar-refractivity contribution in [2.24, 2.45) is 0 Å². The summed E-state index contributed by atoms with van der Waals surface area (Å²) in [5.74, 6) is 1.08. The third kappa shape index (κ3) is 2.33. The highest BCUT2D eigenvalue weighted by atomic mass is 16.7. The van der Waals surface area contributed by atoms with Gasteiger partial charge in [0.2, 0.25) is 12.7 Å². The Kier molecular flexibility index (Phi) is 3.18. The highest BCUT2D eigenvalue weighted by Crippen LogP contribution is 2.38. The van der Waals surface area contributed by atoms with E-state index in [1.807, 2.05) is 18.2 Å². The van der Waals surface area contributed by atoms with E-state index in [0.717, 1.165) is 4.90 Å². The third-order valence-corrected chi connectivity index (χ3v) is 4.86. The lowest BCUT2D eigenvalue weighted by Crippen LogP contribution is -2.40. The molecule has 1 atom stereocenters. The van der Waals surface area contributed by atoms with Crippen molar-refractivity contribution in [2.75, 3.05) is 6.79 Å². The second kappa shape index (κ2) is 5.47. The highest BCUT2D eigenvalue weighted by molar-refractivity contribution is 6.07. The van der Waals surface area contributed by atoms with Gasteiger partial charge in [-0.25, -0.2) is 9.78 Å². The van der Waals surface area contributed by atoms with Crippen LogP contribution in [0.25, 0.3) is 11.1 Å². The molecule has 3 amide bonds. The largest absolute Gasteiger partial charge is 0.454 e. The lowest BCUT2D eigenvalue weighted by atomic mass is 9.91. The molecule has 0 aliphatic carbocycles. The lowest BCUT2D eigenvalue weighted by molar-refractivity contribution is -0.131. The maximum atomic E-state index is 13.1. The van der Waals surface area contributed by atoms with Gasteiger partial charge >= 0.3 is 6.03 Å². The van der Waals surface area contributed by atoms with Crippen LogP contribution < -0.4 is 14.8 Å². The average Bonchev–Trinajstić information content (AvgIpc) is 3.34. The molecule has 136 valence electrons. The van der Waals surface area contributed by atoms with E-state index in [1.54, 1.807) is 31.2 Å². The summed E-state index contributed by atoms with van der Waals surface area (Å²) in [6.07, 6.45) is 0. The minimum Gasteiger partial charge on any atom is -0.454 e. The first kappa shape index (κ1) is 15.7. The second-order valence-electron chi connectivity index (χ2n) is 6.59. The molecule has 0 spiro atoms. The van der Waals surface area contributed by atoms with Gasteiger partial charge in [0.25, 0.3) is 5.91 Å². The zero-order valence-corrected chi connectivity index (χ0v) is 14.4. The summed E-state index contributed by atoms with van der Waals surface area (Å²) in [7, 11) is 0. The maximum absolute atomic E-state index is 13.1. The van der Waals surface area contributed by atoms with Gasteiger partial charge in [0.15, 0.2) is 17.1 Å². The summed E-state index contributed by atoms with van der Waals surface area (Å²) in [6, 6.07) is 12.0. The Morgan fingerprint density at radius 2 is 1.96 bits per heavy atom. The molecule has 2 aliphatic rings. The molecule has 2 aliphatic heterocycles. The Balaban J connectivity index is 1.45. The zero-order valence-electron chi connectivity index (χ0n) is 14.4. The molecular formula is C19H15N3O5. The molecule has 3 heterocycles. The molecule has 0 bridgehead atoms. The topological polar surface area (TPSA) is 93.9 Å². The first-order chi connectivity index (χ1) is 13.0. The van der Waals surface area contributed by atoms with Gasteiger partial charge in [-0.15, -0.1) is 0 Å². The van der Waals surface area contributed by atoms with Gasteiger partial charge in [-0.05, 0) is 36.8 Å². The number of amides is 3. The molecule has 0 radical (unpaired) electrons. The molecule has 0 saturated carbocycles. The summed E-state index contributed by atoms with van der Waals surface area (Å²) >= 11 is 0. The van der Waals surface area contributed by atoms with Crippen LogP contribution in [0.4, 0.5) is 4.79 Å². The SMILES string of the molecule is C[C@]1(c2ccc3c(c2)OCO3)NC(=O)N(Cc2nc3ccccc3o2)C1=O. The molecular weight excluding hydrogens is 350 g/mol. The molecule has 1 fully saturated rings. The van der Waals surface area contributed by atoms with Crippen LogP contribution in [0, 0.1) is 0 Å². The van der Waals surface area contributed by atoms with Gasteiger partial charge in [0, 0.05) is 0 Å². The number of imide groups is 1. The number of para-hydroxylation sites is 2. The summed E-state index contributed by atoms with van der Waals surface area (Å²) in [4.78, 5) is 31.0. The number of ether oxygens (including phenoxy) is 2. The lowest BCUT2D eigenvalue weighted by Gasteiger charge is -2.22. The zero-order chi connectivity index (χ0) is 18.6. The fourth-order valence-corrected chi connectivity index (χ4v) is 3.37.